The molecule has 0 aliphatic carbocycles. The average Bonchev–Trinajstić information content (AvgIpc) is 1.94. The summed E-state index contributed by atoms with van der Waals surface area (Å²) < 4.78 is 5.15. The number of cyclic esters (lactones) is 1. The van der Waals surface area contributed by atoms with Gasteiger partial charge in [-0.3, -0.25) is 0 Å². The number of rotatable bonds is 1. The lowest BCUT2D eigenvalue weighted by atomic mass is 10.0. The van der Waals surface area contributed by atoms with E-state index in [1.54, 1.807) is 11.9 Å². The smallest absolute Gasteiger partial charge is 0.409 e. The highest BCUT2D eigenvalue weighted by Crippen LogP contribution is 2.16. The Balaban J connectivity index is 2.46. The van der Waals surface area contributed by atoms with E-state index in [1.165, 1.54) is 0 Å². The van der Waals surface area contributed by atoms with Crippen molar-refractivity contribution in [2.24, 2.45) is 5.92 Å². The fraction of sp³-hybridized carbons (Fsp3) is 0.875. The lowest BCUT2D eigenvalue weighted by Gasteiger charge is -2.31. The number of hydrogen-bond acceptors (Lipinski definition) is 2. The van der Waals surface area contributed by atoms with E-state index in [-0.39, 0.29) is 12.2 Å². The van der Waals surface area contributed by atoms with E-state index in [2.05, 4.69) is 13.8 Å². The lowest BCUT2D eigenvalue weighted by molar-refractivity contribution is 0.0117. The molecule has 3 nitrogen and oxygen atoms in total. The first-order chi connectivity index (χ1) is 5.11. The molecule has 1 rings (SSSR count). The first-order valence-electron chi connectivity index (χ1n) is 4.03. The Labute approximate surface area is 67.3 Å². The highest BCUT2D eigenvalue weighted by atomic mass is 16.6. The molecule has 3 heteroatoms. The molecule has 1 atom stereocenters. The molecule has 0 aromatic rings. The van der Waals surface area contributed by atoms with Crippen LogP contribution in [0.1, 0.15) is 20.3 Å². The van der Waals surface area contributed by atoms with Gasteiger partial charge in [0.2, 0.25) is 0 Å². The van der Waals surface area contributed by atoms with E-state index in [0.29, 0.717) is 5.92 Å². The average molecular weight is 157 g/mol. The zero-order valence-electron chi connectivity index (χ0n) is 7.33. The van der Waals surface area contributed by atoms with E-state index in [1.807, 2.05) is 0 Å². The number of amides is 1. The van der Waals surface area contributed by atoms with Crippen molar-refractivity contribution in [2.75, 3.05) is 13.6 Å². The molecule has 1 fully saturated rings. The molecule has 0 radical (unpaired) electrons. The molecular formula is C8H15NO2. The molecule has 0 aromatic heterocycles. The SMILES string of the molecule is CC(C)C1CCN(C)C(=O)O1. The van der Waals surface area contributed by atoms with Gasteiger partial charge in [0.1, 0.15) is 6.10 Å². The number of carbonyl (C=O) groups is 1. The largest absolute Gasteiger partial charge is 0.446 e. The summed E-state index contributed by atoms with van der Waals surface area (Å²) in [6.07, 6.45) is 0.897. The molecule has 1 amide bonds. The van der Waals surface area contributed by atoms with Crippen molar-refractivity contribution in [1.82, 2.24) is 4.90 Å². The fourth-order valence-electron chi connectivity index (χ4n) is 1.16. The first-order valence-corrected chi connectivity index (χ1v) is 4.03. The van der Waals surface area contributed by atoms with Gasteiger partial charge >= 0.3 is 6.09 Å². The Kier molecular flexibility index (Phi) is 2.37. The Morgan fingerprint density at radius 1 is 1.64 bits per heavy atom. The summed E-state index contributed by atoms with van der Waals surface area (Å²) in [4.78, 5) is 12.6. The van der Waals surface area contributed by atoms with Gasteiger partial charge in [0.25, 0.3) is 0 Å². The number of carbonyl (C=O) groups excluding carboxylic acids is 1. The molecule has 1 aliphatic rings. The van der Waals surface area contributed by atoms with Gasteiger partial charge in [-0.15, -0.1) is 0 Å². The van der Waals surface area contributed by atoms with Crippen molar-refractivity contribution in [3.63, 3.8) is 0 Å². The van der Waals surface area contributed by atoms with Gasteiger partial charge in [-0.05, 0) is 5.92 Å². The standard InChI is InChI=1S/C8H15NO2/c1-6(2)7-4-5-9(3)8(10)11-7/h6-7H,4-5H2,1-3H3. The van der Waals surface area contributed by atoms with Crippen LogP contribution in [0.4, 0.5) is 4.79 Å². The first kappa shape index (κ1) is 8.37. The summed E-state index contributed by atoms with van der Waals surface area (Å²) in [5, 5.41) is 0. The van der Waals surface area contributed by atoms with Crippen LogP contribution >= 0.6 is 0 Å². The van der Waals surface area contributed by atoms with Crippen LogP contribution in [-0.4, -0.2) is 30.7 Å². The van der Waals surface area contributed by atoms with Crippen LogP contribution in [-0.2, 0) is 4.74 Å². The molecule has 1 saturated heterocycles. The third-order valence-electron chi connectivity index (χ3n) is 2.06. The lowest BCUT2D eigenvalue weighted by Crippen LogP contribution is -2.41. The minimum Gasteiger partial charge on any atom is -0.446 e. The van der Waals surface area contributed by atoms with E-state index in [9.17, 15) is 4.79 Å². The second-order valence-corrected chi connectivity index (χ2v) is 3.38. The van der Waals surface area contributed by atoms with Crippen LogP contribution in [0.3, 0.4) is 0 Å². The van der Waals surface area contributed by atoms with Crippen molar-refractivity contribution in [3.05, 3.63) is 0 Å². The zero-order valence-corrected chi connectivity index (χ0v) is 7.33. The van der Waals surface area contributed by atoms with Gasteiger partial charge in [-0.1, -0.05) is 13.8 Å². The predicted molar refractivity (Wildman–Crippen MR) is 42.4 cm³/mol. The summed E-state index contributed by atoms with van der Waals surface area (Å²) >= 11 is 0. The van der Waals surface area contributed by atoms with Gasteiger partial charge in [-0.25, -0.2) is 4.79 Å². The van der Waals surface area contributed by atoms with Crippen LogP contribution in [0, 0.1) is 5.92 Å². The minimum atomic E-state index is -0.185. The van der Waals surface area contributed by atoms with E-state index >= 15 is 0 Å². The molecule has 1 aliphatic heterocycles. The summed E-state index contributed by atoms with van der Waals surface area (Å²) in [6.45, 7) is 4.97. The Hall–Kier alpha value is -0.730. The number of ether oxygens (including phenoxy) is 1. The topological polar surface area (TPSA) is 29.5 Å². The zero-order chi connectivity index (χ0) is 8.43. The van der Waals surface area contributed by atoms with Crippen LogP contribution in [0.15, 0.2) is 0 Å². The molecule has 0 bridgehead atoms. The monoisotopic (exact) mass is 157 g/mol. The molecule has 0 saturated carbocycles. The molecule has 1 heterocycles. The second kappa shape index (κ2) is 3.11. The Bertz CT molecular complexity index is 156. The van der Waals surface area contributed by atoms with Gasteiger partial charge in [0, 0.05) is 20.0 Å². The summed E-state index contributed by atoms with van der Waals surface area (Å²) in [5.74, 6) is 0.438. The van der Waals surface area contributed by atoms with Crippen molar-refractivity contribution in [2.45, 2.75) is 26.4 Å². The van der Waals surface area contributed by atoms with Gasteiger partial charge < -0.3 is 9.64 Å². The van der Waals surface area contributed by atoms with Gasteiger partial charge in [-0.2, -0.15) is 0 Å². The van der Waals surface area contributed by atoms with Crippen molar-refractivity contribution >= 4 is 6.09 Å². The Morgan fingerprint density at radius 3 is 2.73 bits per heavy atom. The number of hydrogen-bond donors (Lipinski definition) is 0. The van der Waals surface area contributed by atoms with E-state index < -0.39 is 0 Å². The predicted octanol–water partition coefficient (Wildman–Crippen LogP) is 1.48. The normalized spacial score (nSPS) is 25.6. The molecule has 64 valence electrons. The third-order valence-corrected chi connectivity index (χ3v) is 2.06. The van der Waals surface area contributed by atoms with E-state index in [0.717, 1.165) is 13.0 Å². The maximum Gasteiger partial charge on any atom is 0.409 e. The van der Waals surface area contributed by atoms with Crippen molar-refractivity contribution in [3.8, 4) is 0 Å². The maximum absolute atomic E-state index is 11.0. The Morgan fingerprint density at radius 2 is 2.27 bits per heavy atom. The van der Waals surface area contributed by atoms with Crippen LogP contribution < -0.4 is 0 Å². The highest BCUT2D eigenvalue weighted by molar-refractivity contribution is 5.68. The molecule has 0 spiro atoms. The summed E-state index contributed by atoms with van der Waals surface area (Å²) in [6, 6.07) is 0. The minimum absolute atomic E-state index is 0.124. The quantitative estimate of drug-likeness (QED) is 0.577. The highest BCUT2D eigenvalue weighted by Gasteiger charge is 2.26. The maximum atomic E-state index is 11.0. The molecular weight excluding hydrogens is 142 g/mol. The van der Waals surface area contributed by atoms with Gasteiger partial charge in [0.05, 0.1) is 0 Å². The molecule has 0 N–H and O–H groups in total. The summed E-state index contributed by atoms with van der Waals surface area (Å²) in [5.41, 5.74) is 0. The van der Waals surface area contributed by atoms with Gasteiger partial charge in [0.15, 0.2) is 0 Å². The van der Waals surface area contributed by atoms with Crippen molar-refractivity contribution < 1.29 is 9.53 Å². The molecule has 1 unspecified atom stereocenters. The van der Waals surface area contributed by atoms with Crippen LogP contribution in [0.5, 0.6) is 0 Å². The van der Waals surface area contributed by atoms with Crippen molar-refractivity contribution in [1.29, 1.82) is 0 Å². The van der Waals surface area contributed by atoms with E-state index in [4.69, 9.17) is 4.74 Å². The summed E-state index contributed by atoms with van der Waals surface area (Å²) in [7, 11) is 1.76. The van der Waals surface area contributed by atoms with Crippen LogP contribution in [0.25, 0.3) is 0 Å². The molecule has 11 heavy (non-hydrogen) atoms. The van der Waals surface area contributed by atoms with Crippen LogP contribution in [0.2, 0.25) is 0 Å². The fourth-order valence-corrected chi connectivity index (χ4v) is 1.16. The second-order valence-electron chi connectivity index (χ2n) is 3.38. The third kappa shape index (κ3) is 1.85. The molecule has 0 aromatic carbocycles. The number of nitrogens with zero attached hydrogens (tertiary/aromatic N) is 1.